The van der Waals surface area contributed by atoms with Crippen molar-refractivity contribution in [3.05, 3.63) is 12.2 Å². The molecular formula is C22H41NO3. The zero-order valence-corrected chi connectivity index (χ0v) is 16.9. The van der Waals surface area contributed by atoms with Gasteiger partial charge in [-0.2, -0.15) is 0 Å². The van der Waals surface area contributed by atoms with Crippen molar-refractivity contribution >= 4 is 11.9 Å². The molecule has 0 aliphatic rings. The van der Waals surface area contributed by atoms with Gasteiger partial charge in [0.25, 0.3) is 0 Å². The molecule has 0 bridgehead atoms. The molecule has 0 heterocycles. The Morgan fingerprint density at radius 3 is 1.77 bits per heavy atom. The van der Waals surface area contributed by atoms with Gasteiger partial charge in [-0.3, -0.25) is 9.59 Å². The highest BCUT2D eigenvalue weighted by atomic mass is 16.4. The van der Waals surface area contributed by atoms with Crippen molar-refractivity contribution < 1.29 is 14.7 Å². The maximum Gasteiger partial charge on any atom is 0.303 e. The molecule has 0 aromatic heterocycles. The number of carbonyl (C=O) groups is 2. The highest BCUT2D eigenvalue weighted by Gasteiger charge is 2.03. The molecule has 0 rings (SSSR count). The molecule has 152 valence electrons. The van der Waals surface area contributed by atoms with Crippen LogP contribution in [0, 0.1) is 0 Å². The largest absolute Gasteiger partial charge is 0.481 e. The Bertz CT molecular complexity index is 366. The van der Waals surface area contributed by atoms with E-state index in [9.17, 15) is 9.59 Å². The van der Waals surface area contributed by atoms with Gasteiger partial charge < -0.3 is 10.4 Å². The van der Waals surface area contributed by atoms with Crippen molar-refractivity contribution in [3.63, 3.8) is 0 Å². The molecule has 0 aliphatic carbocycles. The fourth-order valence-corrected chi connectivity index (χ4v) is 2.91. The zero-order chi connectivity index (χ0) is 19.3. The van der Waals surface area contributed by atoms with Crippen LogP contribution in [-0.2, 0) is 9.59 Å². The van der Waals surface area contributed by atoms with Gasteiger partial charge in [-0.1, -0.05) is 76.9 Å². The highest BCUT2D eigenvalue weighted by Crippen LogP contribution is 2.09. The first kappa shape index (κ1) is 24.7. The van der Waals surface area contributed by atoms with Crippen LogP contribution < -0.4 is 5.32 Å². The summed E-state index contributed by atoms with van der Waals surface area (Å²) in [6.07, 6.45) is 22.5. The van der Waals surface area contributed by atoms with Gasteiger partial charge in [0.1, 0.15) is 0 Å². The van der Waals surface area contributed by atoms with E-state index in [0.29, 0.717) is 6.54 Å². The summed E-state index contributed by atoms with van der Waals surface area (Å²) in [4.78, 5) is 21.7. The average Bonchev–Trinajstić information content (AvgIpc) is 2.62. The minimum atomic E-state index is -0.919. The Morgan fingerprint density at radius 2 is 1.23 bits per heavy atom. The summed E-state index contributed by atoms with van der Waals surface area (Å²) in [7, 11) is 0. The third-order valence-electron chi connectivity index (χ3n) is 4.58. The van der Waals surface area contributed by atoms with Gasteiger partial charge in [-0.25, -0.2) is 0 Å². The zero-order valence-electron chi connectivity index (χ0n) is 16.9. The summed E-state index contributed by atoms with van der Waals surface area (Å²) in [6, 6.07) is 0. The molecule has 2 N–H and O–H groups in total. The van der Waals surface area contributed by atoms with Gasteiger partial charge in [0.05, 0.1) is 6.42 Å². The molecule has 26 heavy (non-hydrogen) atoms. The monoisotopic (exact) mass is 367 g/mol. The first-order valence-electron chi connectivity index (χ1n) is 10.8. The number of nitrogens with one attached hydrogen (secondary N) is 1. The molecular weight excluding hydrogens is 326 g/mol. The number of amides is 1. The van der Waals surface area contributed by atoms with Crippen LogP contribution in [0.1, 0.15) is 110 Å². The summed E-state index contributed by atoms with van der Waals surface area (Å²) in [5.74, 6) is -1.07. The minimum absolute atomic E-state index is 0.0841. The smallest absolute Gasteiger partial charge is 0.303 e. The number of carbonyl (C=O) groups excluding carboxylic acids is 1. The molecule has 0 spiro atoms. The van der Waals surface area contributed by atoms with Gasteiger partial charge in [0.15, 0.2) is 0 Å². The van der Waals surface area contributed by atoms with Crippen molar-refractivity contribution in [3.8, 4) is 0 Å². The van der Waals surface area contributed by atoms with Crippen molar-refractivity contribution in [2.75, 3.05) is 6.54 Å². The van der Waals surface area contributed by atoms with E-state index >= 15 is 0 Å². The van der Waals surface area contributed by atoms with Crippen molar-refractivity contribution in [1.29, 1.82) is 0 Å². The van der Waals surface area contributed by atoms with Crippen LogP contribution in [-0.4, -0.2) is 23.5 Å². The van der Waals surface area contributed by atoms with E-state index in [2.05, 4.69) is 24.4 Å². The van der Waals surface area contributed by atoms with Crippen LogP contribution in [0.3, 0.4) is 0 Å². The average molecular weight is 368 g/mol. The van der Waals surface area contributed by atoms with Gasteiger partial charge in [0, 0.05) is 13.0 Å². The molecule has 0 atom stereocenters. The molecule has 0 saturated heterocycles. The van der Waals surface area contributed by atoms with Gasteiger partial charge in [-0.05, 0) is 32.1 Å². The maximum absolute atomic E-state index is 11.3. The summed E-state index contributed by atoms with van der Waals surface area (Å²) >= 11 is 0. The maximum atomic E-state index is 11.3. The van der Waals surface area contributed by atoms with E-state index < -0.39 is 5.97 Å². The van der Waals surface area contributed by atoms with Crippen LogP contribution in [0.4, 0.5) is 0 Å². The third kappa shape index (κ3) is 20.7. The normalized spacial score (nSPS) is 11.1. The van der Waals surface area contributed by atoms with Crippen LogP contribution >= 0.6 is 0 Å². The number of unbranched alkanes of at least 4 members (excludes halogenated alkanes) is 12. The second-order valence-electron chi connectivity index (χ2n) is 7.18. The van der Waals surface area contributed by atoms with Crippen LogP contribution in [0.25, 0.3) is 0 Å². The number of aliphatic carboxylic acids is 1. The standard InChI is InChI=1S/C22H41NO3/c1-2-3-4-5-6-7-8-9-10-11-12-13-14-15-16-17-20-23-21(24)18-19-22(25)26/h9-10H,2-8,11-20H2,1H3,(H,23,24)(H,25,26). The Kier molecular flexibility index (Phi) is 19.0. The molecule has 0 saturated carbocycles. The summed E-state index contributed by atoms with van der Waals surface area (Å²) in [6.45, 7) is 2.93. The first-order valence-corrected chi connectivity index (χ1v) is 10.8. The lowest BCUT2D eigenvalue weighted by molar-refractivity contribution is -0.138. The number of hydrogen-bond acceptors (Lipinski definition) is 2. The molecule has 0 aromatic rings. The topological polar surface area (TPSA) is 66.4 Å². The van der Waals surface area contributed by atoms with Crippen LogP contribution in [0.5, 0.6) is 0 Å². The summed E-state index contributed by atoms with van der Waals surface area (Å²) < 4.78 is 0. The summed E-state index contributed by atoms with van der Waals surface area (Å²) in [5.41, 5.74) is 0. The number of rotatable bonds is 19. The molecule has 0 fully saturated rings. The van der Waals surface area contributed by atoms with Crippen LogP contribution in [0.2, 0.25) is 0 Å². The quantitative estimate of drug-likeness (QED) is 0.217. The Balaban J connectivity index is 3.18. The van der Waals surface area contributed by atoms with E-state index in [-0.39, 0.29) is 18.7 Å². The highest BCUT2D eigenvalue weighted by molar-refractivity contribution is 5.80. The Hall–Kier alpha value is -1.32. The molecule has 4 heteroatoms. The van der Waals surface area contributed by atoms with E-state index in [1.807, 2.05) is 0 Å². The predicted octanol–water partition coefficient (Wildman–Crippen LogP) is 6.00. The van der Waals surface area contributed by atoms with Crippen molar-refractivity contribution in [1.82, 2.24) is 5.32 Å². The summed E-state index contributed by atoms with van der Waals surface area (Å²) in [5, 5.41) is 11.3. The SMILES string of the molecule is CCCCCCCCC=CCCCCCCCCNC(=O)CCC(=O)O. The Morgan fingerprint density at radius 1 is 0.731 bits per heavy atom. The van der Waals surface area contributed by atoms with Gasteiger partial charge in [-0.15, -0.1) is 0 Å². The lowest BCUT2D eigenvalue weighted by atomic mass is 10.1. The first-order chi connectivity index (χ1) is 12.7. The molecule has 4 nitrogen and oxygen atoms in total. The van der Waals surface area contributed by atoms with Gasteiger partial charge >= 0.3 is 5.97 Å². The molecule has 0 aromatic carbocycles. The number of hydrogen-bond donors (Lipinski definition) is 2. The van der Waals surface area contributed by atoms with E-state index in [1.165, 1.54) is 77.0 Å². The van der Waals surface area contributed by atoms with E-state index in [1.54, 1.807) is 0 Å². The molecule has 0 radical (unpaired) electrons. The molecule has 1 amide bonds. The molecule has 0 unspecified atom stereocenters. The van der Waals surface area contributed by atoms with Crippen LogP contribution in [0.15, 0.2) is 12.2 Å². The van der Waals surface area contributed by atoms with Crippen molar-refractivity contribution in [2.24, 2.45) is 0 Å². The van der Waals surface area contributed by atoms with Crippen molar-refractivity contribution in [2.45, 2.75) is 110 Å². The van der Waals surface area contributed by atoms with E-state index in [0.717, 1.165) is 12.8 Å². The third-order valence-corrected chi connectivity index (χ3v) is 4.58. The number of carboxylic acid groups (broad SMARTS) is 1. The lowest BCUT2D eigenvalue weighted by Gasteiger charge is -2.04. The van der Waals surface area contributed by atoms with E-state index in [4.69, 9.17) is 5.11 Å². The fraction of sp³-hybridized carbons (Fsp3) is 0.818. The second kappa shape index (κ2) is 20.0. The molecule has 0 aliphatic heterocycles. The predicted molar refractivity (Wildman–Crippen MR) is 109 cm³/mol. The number of allylic oxidation sites excluding steroid dienone is 2. The lowest BCUT2D eigenvalue weighted by Crippen LogP contribution is -2.24. The number of carboxylic acids is 1. The van der Waals surface area contributed by atoms with Gasteiger partial charge in [0.2, 0.25) is 5.91 Å². The Labute approximate surface area is 160 Å². The minimum Gasteiger partial charge on any atom is -0.481 e. The fourth-order valence-electron chi connectivity index (χ4n) is 2.91. The second-order valence-corrected chi connectivity index (χ2v) is 7.18.